The van der Waals surface area contributed by atoms with Crippen molar-refractivity contribution in [3.63, 3.8) is 0 Å². The first-order valence-electron chi connectivity index (χ1n) is 10.1. The molecule has 0 spiro atoms. The molecule has 2 aliphatic heterocycles. The second-order valence-electron chi connectivity index (χ2n) is 7.38. The van der Waals surface area contributed by atoms with Gasteiger partial charge in [-0.05, 0) is 70.2 Å². The van der Waals surface area contributed by atoms with Crippen molar-refractivity contribution in [3.05, 3.63) is 61.4 Å². The summed E-state index contributed by atoms with van der Waals surface area (Å²) < 4.78 is 19.6. The molecular weight excluding hydrogens is 578 g/mol. The van der Waals surface area contributed by atoms with Gasteiger partial charge in [0.2, 0.25) is 0 Å². The Morgan fingerprint density at radius 3 is 2.75 bits per heavy atom. The number of methoxy groups -OCH3 is 1. The van der Waals surface area contributed by atoms with Gasteiger partial charge >= 0.3 is 0 Å². The fraction of sp³-hybridized carbons (Fsp3) is 0.304. The number of ether oxygens (including phenoxy) is 3. The van der Waals surface area contributed by atoms with Gasteiger partial charge in [-0.3, -0.25) is 9.69 Å². The normalized spacial score (nSPS) is 19.8. The van der Waals surface area contributed by atoms with Gasteiger partial charge in [-0.1, -0.05) is 52.0 Å². The third-order valence-electron chi connectivity index (χ3n) is 5.13. The van der Waals surface area contributed by atoms with E-state index in [1.807, 2.05) is 42.5 Å². The molecule has 2 aromatic rings. The van der Waals surface area contributed by atoms with E-state index < -0.39 is 0 Å². The number of thiocarbonyl (C=S) groups is 1. The van der Waals surface area contributed by atoms with E-state index >= 15 is 0 Å². The molecule has 2 heterocycles. The van der Waals surface area contributed by atoms with Gasteiger partial charge in [-0.25, -0.2) is 0 Å². The second-order valence-corrected chi connectivity index (χ2v) is 10.8. The number of carbonyl (C=O) groups is 1. The number of carbonyl (C=O) groups excluding carboxylic acids is 1. The number of benzene rings is 2. The van der Waals surface area contributed by atoms with Crippen molar-refractivity contribution in [2.24, 2.45) is 0 Å². The van der Waals surface area contributed by atoms with Crippen LogP contribution in [0.1, 0.15) is 24.0 Å². The number of nitrogens with zero attached hydrogens (tertiary/aromatic N) is 1. The van der Waals surface area contributed by atoms with Crippen molar-refractivity contribution in [1.82, 2.24) is 4.90 Å². The third-order valence-corrected chi connectivity index (χ3v) is 7.63. The van der Waals surface area contributed by atoms with Crippen molar-refractivity contribution in [3.8, 4) is 11.5 Å². The number of halogens is 2. The summed E-state index contributed by atoms with van der Waals surface area (Å²) in [4.78, 5) is 15.2. The summed E-state index contributed by atoms with van der Waals surface area (Å²) in [5.41, 5.74) is 1.86. The summed E-state index contributed by atoms with van der Waals surface area (Å²) >= 11 is 13.8. The summed E-state index contributed by atoms with van der Waals surface area (Å²) in [6, 6.07) is 11.7. The Bertz CT molecular complexity index is 1050. The molecule has 0 radical (unpaired) electrons. The molecule has 1 atom stereocenters. The molecule has 32 heavy (non-hydrogen) atoms. The summed E-state index contributed by atoms with van der Waals surface area (Å²) in [5, 5.41) is 0. The molecule has 0 bridgehead atoms. The molecule has 168 valence electrons. The van der Waals surface area contributed by atoms with E-state index in [4.69, 9.17) is 26.4 Å². The van der Waals surface area contributed by atoms with Gasteiger partial charge < -0.3 is 14.2 Å². The summed E-state index contributed by atoms with van der Waals surface area (Å²) in [5.74, 6) is 1.11. The molecule has 0 N–H and O–H groups in total. The maximum atomic E-state index is 12.9. The van der Waals surface area contributed by atoms with Crippen LogP contribution in [-0.2, 0) is 16.1 Å². The Morgan fingerprint density at radius 1 is 1.28 bits per heavy atom. The van der Waals surface area contributed by atoms with Crippen LogP contribution >= 0.6 is 55.8 Å². The van der Waals surface area contributed by atoms with Crippen LogP contribution in [0.2, 0.25) is 0 Å². The Kier molecular flexibility index (Phi) is 7.94. The topological polar surface area (TPSA) is 48.0 Å². The molecular formula is C23H21Br2NO4S2. The lowest BCUT2D eigenvalue weighted by molar-refractivity contribution is -0.123. The summed E-state index contributed by atoms with van der Waals surface area (Å²) in [6.07, 6.45) is 3.88. The van der Waals surface area contributed by atoms with Crippen molar-refractivity contribution < 1.29 is 19.0 Å². The van der Waals surface area contributed by atoms with Gasteiger partial charge in [-0.2, -0.15) is 0 Å². The zero-order valence-electron chi connectivity index (χ0n) is 17.3. The van der Waals surface area contributed by atoms with E-state index in [1.54, 1.807) is 12.0 Å². The zero-order valence-corrected chi connectivity index (χ0v) is 22.1. The Morgan fingerprint density at radius 2 is 2.06 bits per heavy atom. The lowest BCUT2D eigenvalue weighted by atomic mass is 10.1. The highest BCUT2D eigenvalue weighted by Gasteiger charge is 2.34. The molecule has 0 aliphatic carbocycles. The number of hydrogen-bond acceptors (Lipinski definition) is 6. The molecule has 1 amide bonds. The Labute approximate surface area is 213 Å². The van der Waals surface area contributed by atoms with E-state index in [0.29, 0.717) is 33.9 Å². The predicted molar refractivity (Wildman–Crippen MR) is 138 cm³/mol. The first-order valence-corrected chi connectivity index (χ1v) is 12.9. The number of thioether (sulfide) groups is 1. The van der Waals surface area contributed by atoms with E-state index in [2.05, 4.69) is 31.9 Å². The van der Waals surface area contributed by atoms with Crippen molar-refractivity contribution in [1.29, 1.82) is 0 Å². The minimum absolute atomic E-state index is 0.0632. The van der Waals surface area contributed by atoms with Gasteiger partial charge in [0.15, 0.2) is 11.5 Å². The summed E-state index contributed by atoms with van der Waals surface area (Å²) in [7, 11) is 1.60. The standard InChI is InChI=1S/C23H21Br2NO4S2/c1-28-19-10-15(9-18(25)21(19)30-13-14-4-6-16(24)7-5-14)11-20-22(27)26(23(31)32-20)12-17-3-2-8-29-17/h4-7,9-11,17H,2-3,8,12-13H2,1H3/b20-11-/t17-/m0/s1. The van der Waals surface area contributed by atoms with Crippen LogP contribution in [0.15, 0.2) is 50.2 Å². The van der Waals surface area contributed by atoms with Gasteiger partial charge in [0.1, 0.15) is 10.9 Å². The SMILES string of the molecule is COc1cc(/C=C2\SC(=S)N(C[C@@H]3CCCO3)C2=O)cc(Br)c1OCc1ccc(Br)cc1. The fourth-order valence-corrected chi connectivity index (χ4v) is 5.61. The van der Waals surface area contributed by atoms with Gasteiger partial charge in [0, 0.05) is 11.1 Å². The molecule has 2 aromatic carbocycles. The largest absolute Gasteiger partial charge is 0.493 e. The van der Waals surface area contributed by atoms with Crippen LogP contribution in [0.4, 0.5) is 0 Å². The van der Waals surface area contributed by atoms with Crippen molar-refractivity contribution in [2.75, 3.05) is 20.3 Å². The highest BCUT2D eigenvalue weighted by molar-refractivity contribution is 9.10. The molecule has 4 rings (SSSR count). The number of amides is 1. The first-order chi connectivity index (χ1) is 15.4. The van der Waals surface area contributed by atoms with Gasteiger partial charge in [-0.15, -0.1) is 0 Å². The second kappa shape index (κ2) is 10.7. The van der Waals surface area contributed by atoms with Crippen LogP contribution in [0.25, 0.3) is 6.08 Å². The van der Waals surface area contributed by atoms with E-state index in [0.717, 1.165) is 39.5 Å². The molecule has 5 nitrogen and oxygen atoms in total. The summed E-state index contributed by atoms with van der Waals surface area (Å²) in [6.45, 7) is 1.67. The maximum Gasteiger partial charge on any atom is 0.266 e. The number of hydrogen-bond donors (Lipinski definition) is 0. The van der Waals surface area contributed by atoms with E-state index in [1.165, 1.54) is 11.8 Å². The molecule has 2 saturated heterocycles. The Hall–Kier alpha value is -1.39. The molecule has 2 fully saturated rings. The third kappa shape index (κ3) is 5.56. The molecule has 0 unspecified atom stereocenters. The van der Waals surface area contributed by atoms with Crippen molar-refractivity contribution in [2.45, 2.75) is 25.6 Å². The van der Waals surface area contributed by atoms with E-state index in [-0.39, 0.29) is 12.0 Å². The van der Waals surface area contributed by atoms with Gasteiger partial charge in [0.25, 0.3) is 5.91 Å². The minimum atomic E-state index is -0.0823. The van der Waals surface area contributed by atoms with Crippen LogP contribution in [-0.4, -0.2) is 41.5 Å². The highest BCUT2D eigenvalue weighted by Crippen LogP contribution is 2.39. The fourth-order valence-electron chi connectivity index (χ4n) is 3.50. The van der Waals surface area contributed by atoms with Crippen LogP contribution in [0.3, 0.4) is 0 Å². The van der Waals surface area contributed by atoms with Crippen LogP contribution < -0.4 is 9.47 Å². The lowest BCUT2D eigenvalue weighted by Crippen LogP contribution is -2.35. The minimum Gasteiger partial charge on any atom is -0.493 e. The van der Waals surface area contributed by atoms with Crippen LogP contribution in [0, 0.1) is 0 Å². The monoisotopic (exact) mass is 597 g/mol. The quantitative estimate of drug-likeness (QED) is 0.280. The average Bonchev–Trinajstić information content (AvgIpc) is 3.38. The van der Waals surface area contributed by atoms with Gasteiger partial charge in [0.05, 0.1) is 29.1 Å². The predicted octanol–water partition coefficient (Wildman–Crippen LogP) is 6.18. The zero-order chi connectivity index (χ0) is 22.7. The highest BCUT2D eigenvalue weighted by atomic mass is 79.9. The Balaban J connectivity index is 1.50. The lowest BCUT2D eigenvalue weighted by Gasteiger charge is -2.18. The molecule has 0 saturated carbocycles. The smallest absolute Gasteiger partial charge is 0.266 e. The maximum absolute atomic E-state index is 12.9. The van der Waals surface area contributed by atoms with Crippen molar-refractivity contribution >= 4 is 72.1 Å². The van der Waals surface area contributed by atoms with E-state index in [9.17, 15) is 4.79 Å². The average molecular weight is 599 g/mol. The van der Waals surface area contributed by atoms with Crippen LogP contribution in [0.5, 0.6) is 11.5 Å². The number of rotatable bonds is 7. The first kappa shape index (κ1) is 23.8. The molecule has 0 aromatic heterocycles. The molecule has 2 aliphatic rings. The molecule has 9 heteroatoms.